The molecule has 98 valence electrons. The van der Waals surface area contributed by atoms with Crippen molar-refractivity contribution in [2.45, 2.75) is 65.2 Å². The summed E-state index contributed by atoms with van der Waals surface area (Å²) in [4.78, 5) is 6.17. The summed E-state index contributed by atoms with van der Waals surface area (Å²) in [5.74, 6) is 0. The van der Waals surface area contributed by atoms with Crippen LogP contribution in [0.4, 0.5) is 0 Å². The summed E-state index contributed by atoms with van der Waals surface area (Å²) in [6, 6.07) is 2.36. The third-order valence-electron chi connectivity index (χ3n) is 3.69. The molecule has 1 aromatic rings. The van der Waals surface area contributed by atoms with E-state index in [1.54, 1.807) is 11.3 Å². The Morgan fingerprint density at radius 3 is 2.44 bits per heavy atom. The summed E-state index contributed by atoms with van der Waals surface area (Å²) in [7, 11) is 0. The molecule has 0 fully saturated rings. The first-order chi connectivity index (χ1) is 8.07. The second-order valence-corrected chi connectivity index (χ2v) is 8.43. The van der Waals surface area contributed by atoms with Crippen molar-refractivity contribution in [1.29, 1.82) is 5.26 Å². The minimum Gasteiger partial charge on any atom is -0.244 e. The number of thiazole rings is 1. The molecule has 0 atom stereocenters. The maximum atomic E-state index is 9.26. The Kier molecular flexibility index (Phi) is 2.86. The van der Waals surface area contributed by atoms with E-state index in [1.165, 1.54) is 17.0 Å². The minimum atomic E-state index is -0.470. The van der Waals surface area contributed by atoms with E-state index in [0.29, 0.717) is 5.41 Å². The van der Waals surface area contributed by atoms with E-state index in [0.717, 1.165) is 11.4 Å². The molecule has 1 heterocycles. The number of hydrogen-bond donors (Lipinski definition) is 0. The first kappa shape index (κ1) is 13.5. The predicted molar refractivity (Wildman–Crippen MR) is 75.9 cm³/mol. The molecule has 1 aliphatic rings. The van der Waals surface area contributed by atoms with Crippen molar-refractivity contribution < 1.29 is 0 Å². The van der Waals surface area contributed by atoms with Crippen LogP contribution in [0.5, 0.6) is 0 Å². The zero-order valence-corrected chi connectivity index (χ0v) is 13.0. The van der Waals surface area contributed by atoms with Crippen LogP contribution in [-0.2, 0) is 17.3 Å². The Hall–Kier alpha value is -0.880. The van der Waals surface area contributed by atoms with Gasteiger partial charge in [-0.15, -0.1) is 11.3 Å². The van der Waals surface area contributed by atoms with Crippen molar-refractivity contribution in [1.82, 2.24) is 4.98 Å². The van der Waals surface area contributed by atoms with Gasteiger partial charge in [0.05, 0.1) is 11.8 Å². The number of nitriles is 1. The molecule has 2 nitrogen and oxygen atoms in total. The second kappa shape index (κ2) is 3.81. The summed E-state index contributed by atoms with van der Waals surface area (Å²) < 4.78 is 0. The van der Waals surface area contributed by atoms with E-state index in [-0.39, 0.29) is 5.41 Å². The molecule has 18 heavy (non-hydrogen) atoms. The van der Waals surface area contributed by atoms with Gasteiger partial charge in [-0.3, -0.25) is 0 Å². The highest BCUT2D eigenvalue weighted by molar-refractivity contribution is 7.12. The van der Waals surface area contributed by atoms with Gasteiger partial charge in [0.15, 0.2) is 0 Å². The lowest BCUT2D eigenvalue weighted by Gasteiger charge is -2.39. The van der Waals surface area contributed by atoms with Crippen molar-refractivity contribution in [2.24, 2.45) is 5.41 Å². The van der Waals surface area contributed by atoms with Crippen LogP contribution in [0.15, 0.2) is 0 Å². The van der Waals surface area contributed by atoms with Crippen molar-refractivity contribution in [3.8, 4) is 6.07 Å². The van der Waals surface area contributed by atoms with Gasteiger partial charge in [-0.25, -0.2) is 4.98 Å². The van der Waals surface area contributed by atoms with Crippen LogP contribution < -0.4 is 0 Å². The second-order valence-electron chi connectivity index (χ2n) is 7.43. The van der Waals surface area contributed by atoms with Gasteiger partial charge in [0, 0.05) is 10.3 Å². The van der Waals surface area contributed by atoms with Crippen LogP contribution in [-0.4, -0.2) is 4.98 Å². The monoisotopic (exact) mass is 262 g/mol. The Morgan fingerprint density at radius 1 is 1.28 bits per heavy atom. The van der Waals surface area contributed by atoms with Crippen LogP contribution in [0.25, 0.3) is 0 Å². The lowest BCUT2D eigenvalue weighted by Crippen LogP contribution is -2.33. The van der Waals surface area contributed by atoms with E-state index in [1.807, 2.05) is 13.8 Å². The summed E-state index contributed by atoms with van der Waals surface area (Å²) in [5, 5.41) is 10.2. The predicted octanol–water partition coefficient (Wildman–Crippen LogP) is 4.19. The first-order valence-electron chi connectivity index (χ1n) is 6.49. The summed E-state index contributed by atoms with van der Waals surface area (Å²) >= 11 is 1.74. The first-order valence-corrected chi connectivity index (χ1v) is 7.31. The molecule has 0 aromatic carbocycles. The highest BCUT2D eigenvalue weighted by Gasteiger charge is 2.41. The summed E-state index contributed by atoms with van der Waals surface area (Å²) in [6.45, 7) is 13.1. The highest BCUT2D eigenvalue weighted by atomic mass is 32.1. The Balaban J connectivity index is 2.53. The molecule has 0 spiro atoms. The topological polar surface area (TPSA) is 36.7 Å². The SMILES string of the molecule is CC1(C)Cc2nc(C(C)(C)C#N)sc2C(C)(C)C1. The van der Waals surface area contributed by atoms with Crippen LogP contribution in [0.3, 0.4) is 0 Å². The fourth-order valence-electron chi connectivity index (χ4n) is 3.11. The molecule has 0 radical (unpaired) electrons. The van der Waals surface area contributed by atoms with Crippen LogP contribution in [0.1, 0.15) is 63.5 Å². The minimum absolute atomic E-state index is 0.179. The molecule has 0 aliphatic heterocycles. The quantitative estimate of drug-likeness (QED) is 0.760. The molecule has 0 saturated carbocycles. The highest BCUT2D eigenvalue weighted by Crippen LogP contribution is 2.48. The molecule has 1 aromatic heterocycles. The average molecular weight is 262 g/mol. The molecule has 0 saturated heterocycles. The normalized spacial score (nSPS) is 21.2. The maximum absolute atomic E-state index is 9.26. The largest absolute Gasteiger partial charge is 0.244 e. The molecular formula is C15H22N2S. The van der Waals surface area contributed by atoms with Gasteiger partial charge in [0.2, 0.25) is 0 Å². The van der Waals surface area contributed by atoms with E-state index in [9.17, 15) is 5.26 Å². The van der Waals surface area contributed by atoms with Crippen molar-refractivity contribution in [3.63, 3.8) is 0 Å². The number of rotatable bonds is 1. The fraction of sp³-hybridized carbons (Fsp3) is 0.733. The van der Waals surface area contributed by atoms with Crippen LogP contribution in [0, 0.1) is 16.7 Å². The van der Waals surface area contributed by atoms with Crippen molar-refractivity contribution in [2.75, 3.05) is 0 Å². The number of hydrogen-bond acceptors (Lipinski definition) is 3. The maximum Gasteiger partial charge on any atom is 0.113 e. The molecular weight excluding hydrogens is 240 g/mol. The standard InChI is InChI=1S/C15H22N2S/c1-13(2)7-10-11(14(3,4)8-13)18-12(17-10)15(5,6)9-16/h7-8H2,1-6H3. The third-order valence-corrected chi connectivity index (χ3v) is 5.48. The third kappa shape index (κ3) is 2.19. The average Bonchev–Trinajstić information content (AvgIpc) is 2.59. The molecule has 1 aliphatic carbocycles. The van der Waals surface area contributed by atoms with E-state index >= 15 is 0 Å². The Labute approximate surface area is 114 Å². The van der Waals surface area contributed by atoms with Crippen LogP contribution in [0.2, 0.25) is 0 Å². The molecule has 0 amide bonds. The molecule has 3 heteroatoms. The smallest absolute Gasteiger partial charge is 0.113 e. The molecule has 2 rings (SSSR count). The molecule has 0 bridgehead atoms. The van der Waals surface area contributed by atoms with Gasteiger partial charge >= 0.3 is 0 Å². The van der Waals surface area contributed by atoms with E-state index in [4.69, 9.17) is 4.98 Å². The van der Waals surface area contributed by atoms with Gasteiger partial charge in [-0.05, 0) is 32.1 Å². The lowest BCUT2D eigenvalue weighted by molar-refractivity contribution is 0.232. The summed E-state index contributed by atoms with van der Waals surface area (Å²) in [5.41, 5.74) is 1.24. The van der Waals surface area contributed by atoms with Gasteiger partial charge in [0.1, 0.15) is 10.4 Å². The number of nitrogens with zero attached hydrogens (tertiary/aromatic N) is 2. The Bertz CT molecular complexity index is 515. The van der Waals surface area contributed by atoms with Gasteiger partial charge in [0.25, 0.3) is 0 Å². The van der Waals surface area contributed by atoms with Crippen molar-refractivity contribution >= 4 is 11.3 Å². The van der Waals surface area contributed by atoms with Gasteiger partial charge in [-0.2, -0.15) is 5.26 Å². The number of aromatic nitrogens is 1. The van der Waals surface area contributed by atoms with E-state index < -0.39 is 5.41 Å². The zero-order valence-electron chi connectivity index (χ0n) is 12.2. The zero-order chi connectivity index (χ0) is 13.8. The van der Waals surface area contributed by atoms with Crippen LogP contribution >= 0.6 is 11.3 Å². The van der Waals surface area contributed by atoms with Gasteiger partial charge in [-0.1, -0.05) is 27.7 Å². The summed E-state index contributed by atoms with van der Waals surface area (Å²) in [6.07, 6.45) is 2.21. The van der Waals surface area contributed by atoms with E-state index in [2.05, 4.69) is 33.8 Å². The fourth-order valence-corrected chi connectivity index (χ4v) is 4.34. The molecule has 0 unspecified atom stereocenters. The van der Waals surface area contributed by atoms with Crippen molar-refractivity contribution in [3.05, 3.63) is 15.6 Å². The number of fused-ring (bicyclic) bond motifs is 1. The van der Waals surface area contributed by atoms with Gasteiger partial charge < -0.3 is 0 Å². The lowest BCUT2D eigenvalue weighted by atomic mass is 9.67. The Morgan fingerprint density at radius 2 is 1.89 bits per heavy atom. The molecule has 0 N–H and O–H groups in total.